The summed E-state index contributed by atoms with van der Waals surface area (Å²) in [6.07, 6.45) is 1.78. The van der Waals surface area contributed by atoms with Gasteiger partial charge >= 0.3 is 6.03 Å². The Kier molecular flexibility index (Phi) is 4.50. The Hall–Kier alpha value is -3.67. The number of fused-ring (bicyclic) bond motifs is 2. The second-order valence-electron chi connectivity index (χ2n) is 8.29. The maximum absolute atomic E-state index is 13.3. The number of nitrogens with zero attached hydrogens (tertiary/aromatic N) is 2. The Morgan fingerprint density at radius 1 is 1.00 bits per heavy atom. The molecule has 31 heavy (non-hydrogen) atoms. The quantitative estimate of drug-likeness (QED) is 0.667. The highest BCUT2D eigenvalue weighted by Crippen LogP contribution is 2.32. The summed E-state index contributed by atoms with van der Waals surface area (Å²) >= 11 is 0. The van der Waals surface area contributed by atoms with Crippen molar-refractivity contribution in [2.75, 3.05) is 18.0 Å². The van der Waals surface area contributed by atoms with E-state index in [2.05, 4.69) is 5.32 Å². The van der Waals surface area contributed by atoms with Gasteiger partial charge in [-0.3, -0.25) is 14.5 Å². The lowest BCUT2D eigenvalue weighted by Gasteiger charge is -2.30. The predicted molar refractivity (Wildman–Crippen MR) is 119 cm³/mol. The van der Waals surface area contributed by atoms with E-state index in [1.165, 1.54) is 0 Å². The summed E-state index contributed by atoms with van der Waals surface area (Å²) in [5, 5.41) is 4.85. The summed E-state index contributed by atoms with van der Waals surface area (Å²) in [5.41, 5.74) is 1.47. The number of carbonyl (C=O) groups excluding carboxylic acids is 3. The third-order valence-corrected chi connectivity index (χ3v) is 6.31. The summed E-state index contributed by atoms with van der Waals surface area (Å²) in [6, 6.07) is 20.8. The molecule has 3 aromatic carbocycles. The molecule has 2 heterocycles. The number of aryl methyl sites for hydroxylation is 1. The van der Waals surface area contributed by atoms with E-state index in [1.54, 1.807) is 11.8 Å². The normalized spacial score (nSPS) is 20.7. The van der Waals surface area contributed by atoms with Crippen LogP contribution in [0.1, 0.15) is 24.5 Å². The van der Waals surface area contributed by atoms with E-state index in [-0.39, 0.29) is 12.5 Å². The molecule has 0 unspecified atom stereocenters. The average molecular weight is 413 g/mol. The molecule has 0 saturated carbocycles. The van der Waals surface area contributed by atoms with Crippen molar-refractivity contribution in [1.82, 2.24) is 10.2 Å². The molecule has 5 rings (SSSR count). The minimum Gasteiger partial charge on any atom is -0.319 e. The van der Waals surface area contributed by atoms with Gasteiger partial charge in [0, 0.05) is 12.2 Å². The van der Waals surface area contributed by atoms with Gasteiger partial charge in [0.25, 0.3) is 5.91 Å². The summed E-state index contributed by atoms with van der Waals surface area (Å²) in [5.74, 6) is -0.662. The number of amides is 4. The molecule has 3 aromatic rings. The molecule has 0 bridgehead atoms. The van der Waals surface area contributed by atoms with Crippen molar-refractivity contribution in [2.24, 2.45) is 0 Å². The number of carbonyl (C=O) groups is 3. The first-order valence-corrected chi connectivity index (χ1v) is 10.5. The predicted octanol–water partition coefficient (Wildman–Crippen LogP) is 3.59. The van der Waals surface area contributed by atoms with Crippen molar-refractivity contribution in [3.8, 4) is 0 Å². The van der Waals surface area contributed by atoms with Crippen LogP contribution in [0.4, 0.5) is 10.5 Å². The smallest absolute Gasteiger partial charge is 0.319 e. The number of urea groups is 1. The fraction of sp³-hybridized carbons (Fsp3) is 0.240. The molecule has 2 aliphatic heterocycles. The van der Waals surface area contributed by atoms with Gasteiger partial charge in [0.2, 0.25) is 5.91 Å². The summed E-state index contributed by atoms with van der Waals surface area (Å²) in [4.78, 5) is 41.8. The largest absolute Gasteiger partial charge is 0.325 e. The molecule has 1 N–H and O–H groups in total. The first-order valence-electron chi connectivity index (χ1n) is 10.5. The fourth-order valence-corrected chi connectivity index (χ4v) is 4.55. The molecule has 6 nitrogen and oxygen atoms in total. The van der Waals surface area contributed by atoms with E-state index in [0.29, 0.717) is 12.1 Å². The van der Waals surface area contributed by atoms with Crippen molar-refractivity contribution >= 4 is 34.3 Å². The fourth-order valence-electron chi connectivity index (χ4n) is 4.55. The lowest BCUT2D eigenvalue weighted by atomic mass is 9.90. The van der Waals surface area contributed by atoms with Crippen LogP contribution in [0, 0.1) is 0 Å². The number of para-hydroxylation sites is 1. The monoisotopic (exact) mass is 413 g/mol. The number of rotatable bonds is 3. The Labute approximate surface area is 180 Å². The van der Waals surface area contributed by atoms with Gasteiger partial charge in [-0.1, -0.05) is 54.6 Å². The van der Waals surface area contributed by atoms with E-state index in [9.17, 15) is 14.4 Å². The molecule has 1 saturated heterocycles. The molecular formula is C25H23N3O3. The highest BCUT2D eigenvalue weighted by Gasteiger charge is 2.49. The van der Waals surface area contributed by atoms with Crippen molar-refractivity contribution < 1.29 is 14.4 Å². The van der Waals surface area contributed by atoms with Crippen LogP contribution in [0.5, 0.6) is 0 Å². The zero-order valence-electron chi connectivity index (χ0n) is 17.3. The van der Waals surface area contributed by atoms with Gasteiger partial charge in [0.15, 0.2) is 0 Å². The Morgan fingerprint density at radius 2 is 1.74 bits per heavy atom. The van der Waals surface area contributed by atoms with Gasteiger partial charge < -0.3 is 10.2 Å². The number of hydrogen-bond acceptors (Lipinski definition) is 3. The maximum atomic E-state index is 13.3. The van der Waals surface area contributed by atoms with Gasteiger partial charge in [-0.05, 0) is 53.8 Å². The van der Waals surface area contributed by atoms with Gasteiger partial charge in [0.05, 0.1) is 0 Å². The molecule has 0 aromatic heterocycles. The van der Waals surface area contributed by atoms with Crippen LogP contribution in [-0.4, -0.2) is 35.8 Å². The molecule has 4 amide bonds. The Balaban J connectivity index is 1.41. The molecule has 1 fully saturated rings. The number of benzene rings is 3. The lowest BCUT2D eigenvalue weighted by molar-refractivity contribution is -0.134. The van der Waals surface area contributed by atoms with E-state index >= 15 is 0 Å². The Bertz CT molecular complexity index is 1220. The first-order chi connectivity index (χ1) is 15.0. The summed E-state index contributed by atoms with van der Waals surface area (Å²) < 4.78 is 0. The molecule has 0 radical (unpaired) electrons. The molecular weight excluding hydrogens is 390 g/mol. The number of hydrogen-bond donors (Lipinski definition) is 1. The molecule has 1 atom stereocenters. The maximum Gasteiger partial charge on any atom is 0.325 e. The van der Waals surface area contributed by atoms with Crippen LogP contribution in [-0.2, 0) is 21.5 Å². The molecule has 156 valence electrons. The highest BCUT2D eigenvalue weighted by atomic mass is 16.2. The van der Waals surface area contributed by atoms with E-state index in [1.807, 2.05) is 66.7 Å². The van der Waals surface area contributed by atoms with Crippen LogP contribution in [0.15, 0.2) is 66.7 Å². The van der Waals surface area contributed by atoms with Crippen LogP contribution in [0.25, 0.3) is 10.8 Å². The molecule has 6 heteroatoms. The zero-order valence-corrected chi connectivity index (χ0v) is 17.3. The molecule has 2 aliphatic rings. The first kappa shape index (κ1) is 19.3. The van der Waals surface area contributed by atoms with Crippen LogP contribution < -0.4 is 10.2 Å². The molecule has 0 aliphatic carbocycles. The van der Waals surface area contributed by atoms with Gasteiger partial charge in [-0.25, -0.2) is 4.79 Å². The highest BCUT2D eigenvalue weighted by molar-refractivity contribution is 6.11. The van der Waals surface area contributed by atoms with Crippen molar-refractivity contribution in [1.29, 1.82) is 0 Å². The van der Waals surface area contributed by atoms with Crippen molar-refractivity contribution in [2.45, 2.75) is 25.3 Å². The minimum atomic E-state index is -1.21. The standard InChI is InChI=1S/C25H23N3O3/c1-25(20-13-12-17-7-2-3-9-19(17)15-20)23(30)28(24(31)26-25)16-22(29)27-14-6-10-18-8-4-5-11-21(18)27/h2-5,7-9,11-13,15H,6,10,14,16H2,1H3,(H,26,31)/t25-/m0/s1. The number of anilines is 1. The topological polar surface area (TPSA) is 69.7 Å². The van der Waals surface area contributed by atoms with Crippen molar-refractivity contribution in [3.63, 3.8) is 0 Å². The van der Waals surface area contributed by atoms with E-state index in [0.717, 1.165) is 39.8 Å². The minimum absolute atomic E-state index is 0.251. The van der Waals surface area contributed by atoms with E-state index < -0.39 is 17.5 Å². The Morgan fingerprint density at radius 3 is 2.58 bits per heavy atom. The SMILES string of the molecule is C[C@@]1(c2ccc3ccccc3c2)NC(=O)N(CC(=O)N2CCCc3ccccc32)C1=O. The second kappa shape index (κ2) is 7.23. The summed E-state index contributed by atoms with van der Waals surface area (Å²) in [7, 11) is 0. The lowest BCUT2D eigenvalue weighted by Crippen LogP contribution is -2.46. The van der Waals surface area contributed by atoms with E-state index in [4.69, 9.17) is 0 Å². The number of nitrogens with one attached hydrogen (secondary N) is 1. The molecule has 0 spiro atoms. The second-order valence-corrected chi connectivity index (χ2v) is 8.29. The van der Waals surface area contributed by atoms with Crippen LogP contribution >= 0.6 is 0 Å². The van der Waals surface area contributed by atoms with Crippen LogP contribution in [0.3, 0.4) is 0 Å². The third-order valence-electron chi connectivity index (χ3n) is 6.31. The average Bonchev–Trinajstić information content (AvgIpc) is 3.02. The third kappa shape index (κ3) is 3.15. The van der Waals surface area contributed by atoms with Crippen LogP contribution in [0.2, 0.25) is 0 Å². The number of imide groups is 1. The van der Waals surface area contributed by atoms with Crippen molar-refractivity contribution in [3.05, 3.63) is 77.9 Å². The van der Waals surface area contributed by atoms with Gasteiger partial charge in [0.1, 0.15) is 12.1 Å². The summed E-state index contributed by atoms with van der Waals surface area (Å²) in [6.45, 7) is 2.00. The zero-order chi connectivity index (χ0) is 21.6. The van der Waals surface area contributed by atoms with Gasteiger partial charge in [-0.15, -0.1) is 0 Å². The van der Waals surface area contributed by atoms with Gasteiger partial charge in [-0.2, -0.15) is 0 Å².